The Kier molecular flexibility index (Phi) is 5.50. The molecule has 118 valence electrons. The number of nitriles is 1. The second-order valence-electron chi connectivity index (χ2n) is 4.43. The van der Waals surface area contributed by atoms with Crippen LogP contribution in [-0.4, -0.2) is 25.2 Å². The molecule has 2 aromatic rings. The molecule has 0 atom stereocenters. The van der Waals surface area contributed by atoms with E-state index in [1.54, 1.807) is 38.1 Å². The number of thiophene rings is 1. The van der Waals surface area contributed by atoms with E-state index in [0.29, 0.717) is 11.1 Å². The summed E-state index contributed by atoms with van der Waals surface area (Å²) in [5, 5.41) is 9.40. The normalized spacial score (nSPS) is 9.96. The molecule has 0 amide bonds. The molecule has 1 aromatic heterocycles. The molecule has 0 aliphatic rings. The van der Waals surface area contributed by atoms with Crippen LogP contribution in [0.4, 0.5) is 0 Å². The van der Waals surface area contributed by atoms with Crippen LogP contribution >= 0.6 is 11.3 Å². The molecule has 0 aliphatic heterocycles. The van der Waals surface area contributed by atoms with E-state index in [0.717, 1.165) is 11.3 Å². The standard InChI is InChI=1S/C17H15NO4S/c1-3-21-16(19)14-13(11-8-6-5-7-9-11)12(10-18)23-15(14)17(20)22-4-2/h5-9H,3-4H2,1-2H3. The summed E-state index contributed by atoms with van der Waals surface area (Å²) < 4.78 is 10.1. The summed E-state index contributed by atoms with van der Waals surface area (Å²) in [5.41, 5.74) is 1.19. The van der Waals surface area contributed by atoms with Crippen LogP contribution in [-0.2, 0) is 9.47 Å². The lowest BCUT2D eigenvalue weighted by Gasteiger charge is -2.07. The highest BCUT2D eigenvalue weighted by atomic mass is 32.1. The molecule has 0 saturated carbocycles. The van der Waals surface area contributed by atoms with Crippen molar-refractivity contribution in [2.75, 3.05) is 13.2 Å². The largest absolute Gasteiger partial charge is 0.462 e. The van der Waals surface area contributed by atoms with E-state index in [1.165, 1.54) is 0 Å². The number of hydrogen-bond acceptors (Lipinski definition) is 6. The maximum absolute atomic E-state index is 12.4. The number of carbonyl (C=O) groups is 2. The Bertz CT molecular complexity index is 759. The topological polar surface area (TPSA) is 76.4 Å². The van der Waals surface area contributed by atoms with Gasteiger partial charge in [-0.3, -0.25) is 0 Å². The quantitative estimate of drug-likeness (QED) is 0.783. The predicted molar refractivity (Wildman–Crippen MR) is 86.4 cm³/mol. The minimum Gasteiger partial charge on any atom is -0.462 e. The van der Waals surface area contributed by atoms with Gasteiger partial charge in [0.15, 0.2) is 0 Å². The fourth-order valence-corrected chi connectivity index (χ4v) is 3.13. The Hall–Kier alpha value is -2.65. The third-order valence-electron chi connectivity index (χ3n) is 3.01. The summed E-state index contributed by atoms with van der Waals surface area (Å²) in [6, 6.07) is 11.0. The minimum absolute atomic E-state index is 0.0954. The van der Waals surface area contributed by atoms with Crippen molar-refractivity contribution in [3.8, 4) is 17.2 Å². The van der Waals surface area contributed by atoms with Crippen LogP contribution in [0.25, 0.3) is 11.1 Å². The van der Waals surface area contributed by atoms with E-state index in [9.17, 15) is 14.9 Å². The Morgan fingerprint density at radius 1 is 1.09 bits per heavy atom. The zero-order valence-corrected chi connectivity index (χ0v) is 13.6. The number of benzene rings is 1. The summed E-state index contributed by atoms with van der Waals surface area (Å²) in [6.45, 7) is 3.72. The van der Waals surface area contributed by atoms with Gasteiger partial charge in [-0.25, -0.2) is 9.59 Å². The first-order chi connectivity index (χ1) is 11.1. The van der Waals surface area contributed by atoms with Gasteiger partial charge in [0.05, 0.1) is 18.8 Å². The lowest BCUT2D eigenvalue weighted by molar-refractivity contribution is 0.0484. The summed E-state index contributed by atoms with van der Waals surface area (Å²) in [6.07, 6.45) is 0. The van der Waals surface area contributed by atoms with Crippen LogP contribution in [0, 0.1) is 11.3 Å². The third-order valence-corrected chi connectivity index (χ3v) is 4.09. The molecule has 2 rings (SSSR count). The summed E-state index contributed by atoms with van der Waals surface area (Å²) in [4.78, 5) is 24.9. The van der Waals surface area contributed by atoms with Gasteiger partial charge in [-0.1, -0.05) is 30.3 Å². The molecular weight excluding hydrogens is 314 g/mol. The maximum Gasteiger partial charge on any atom is 0.349 e. The summed E-state index contributed by atoms with van der Waals surface area (Å²) in [5.74, 6) is -1.26. The molecule has 0 fully saturated rings. The van der Waals surface area contributed by atoms with E-state index in [2.05, 4.69) is 6.07 Å². The molecule has 6 heteroatoms. The van der Waals surface area contributed by atoms with Crippen LogP contribution in [0.5, 0.6) is 0 Å². The van der Waals surface area contributed by atoms with Gasteiger partial charge in [0.1, 0.15) is 15.8 Å². The number of rotatable bonds is 5. The number of nitrogens with zero attached hydrogens (tertiary/aromatic N) is 1. The number of carbonyl (C=O) groups excluding carboxylic acids is 2. The van der Waals surface area contributed by atoms with Crippen molar-refractivity contribution < 1.29 is 19.1 Å². The van der Waals surface area contributed by atoms with Gasteiger partial charge in [-0.05, 0) is 19.4 Å². The zero-order valence-electron chi connectivity index (χ0n) is 12.8. The molecule has 5 nitrogen and oxygen atoms in total. The SMILES string of the molecule is CCOC(=O)c1sc(C#N)c(-c2ccccc2)c1C(=O)OCC. The van der Waals surface area contributed by atoms with Crippen molar-refractivity contribution >= 4 is 23.3 Å². The molecule has 0 N–H and O–H groups in total. The average Bonchev–Trinajstić information content (AvgIpc) is 2.96. The van der Waals surface area contributed by atoms with Gasteiger partial charge in [-0.2, -0.15) is 5.26 Å². The lowest BCUT2D eigenvalue weighted by Crippen LogP contribution is -2.12. The van der Waals surface area contributed by atoms with Crippen molar-refractivity contribution in [3.05, 3.63) is 45.6 Å². The second-order valence-corrected chi connectivity index (χ2v) is 5.45. The Morgan fingerprint density at radius 2 is 1.70 bits per heavy atom. The number of esters is 2. The molecule has 23 heavy (non-hydrogen) atoms. The number of ether oxygens (including phenoxy) is 2. The lowest BCUT2D eigenvalue weighted by atomic mass is 10.0. The Labute approximate surface area is 138 Å². The summed E-state index contributed by atoms with van der Waals surface area (Å²) >= 11 is 0.947. The fourth-order valence-electron chi connectivity index (χ4n) is 2.13. The molecule has 1 aromatic carbocycles. The Balaban J connectivity index is 2.70. The van der Waals surface area contributed by atoms with Gasteiger partial charge in [-0.15, -0.1) is 11.3 Å². The molecule has 0 radical (unpaired) electrons. The monoisotopic (exact) mass is 329 g/mol. The van der Waals surface area contributed by atoms with Crippen LogP contribution in [0.15, 0.2) is 30.3 Å². The van der Waals surface area contributed by atoms with Crippen molar-refractivity contribution in [1.82, 2.24) is 0 Å². The minimum atomic E-state index is -0.632. The highest BCUT2D eigenvalue weighted by Crippen LogP contribution is 2.37. The van der Waals surface area contributed by atoms with Crippen LogP contribution < -0.4 is 0 Å². The van der Waals surface area contributed by atoms with Gasteiger partial charge in [0.2, 0.25) is 0 Å². The second kappa shape index (κ2) is 7.56. The van der Waals surface area contributed by atoms with Gasteiger partial charge < -0.3 is 9.47 Å². The van der Waals surface area contributed by atoms with Crippen LogP contribution in [0.1, 0.15) is 38.8 Å². The first-order valence-corrected chi connectivity index (χ1v) is 7.92. The van der Waals surface area contributed by atoms with Crippen molar-refractivity contribution in [3.63, 3.8) is 0 Å². The highest BCUT2D eigenvalue weighted by molar-refractivity contribution is 7.15. The molecular formula is C17H15NO4S. The number of hydrogen-bond donors (Lipinski definition) is 0. The summed E-state index contributed by atoms with van der Waals surface area (Å²) in [7, 11) is 0. The molecule has 1 heterocycles. The van der Waals surface area contributed by atoms with Crippen molar-refractivity contribution in [1.29, 1.82) is 5.26 Å². The molecule has 0 saturated heterocycles. The van der Waals surface area contributed by atoms with E-state index in [1.807, 2.05) is 6.07 Å². The van der Waals surface area contributed by atoms with Crippen molar-refractivity contribution in [2.24, 2.45) is 0 Å². The third kappa shape index (κ3) is 3.41. The first-order valence-electron chi connectivity index (χ1n) is 7.10. The van der Waals surface area contributed by atoms with Gasteiger partial charge >= 0.3 is 11.9 Å². The molecule has 0 aliphatic carbocycles. The molecule has 0 bridgehead atoms. The van der Waals surface area contributed by atoms with Gasteiger partial charge in [0.25, 0.3) is 0 Å². The smallest absolute Gasteiger partial charge is 0.349 e. The van der Waals surface area contributed by atoms with Crippen molar-refractivity contribution in [2.45, 2.75) is 13.8 Å². The predicted octanol–water partition coefficient (Wildman–Crippen LogP) is 3.64. The van der Waals surface area contributed by atoms with E-state index < -0.39 is 11.9 Å². The molecule has 0 spiro atoms. The van der Waals surface area contributed by atoms with E-state index in [-0.39, 0.29) is 28.5 Å². The molecule has 0 unspecified atom stereocenters. The van der Waals surface area contributed by atoms with Gasteiger partial charge in [0, 0.05) is 5.56 Å². The average molecular weight is 329 g/mol. The van der Waals surface area contributed by atoms with Crippen LogP contribution in [0.3, 0.4) is 0 Å². The zero-order chi connectivity index (χ0) is 16.8. The van der Waals surface area contributed by atoms with Crippen LogP contribution in [0.2, 0.25) is 0 Å². The highest BCUT2D eigenvalue weighted by Gasteiger charge is 2.30. The van der Waals surface area contributed by atoms with E-state index in [4.69, 9.17) is 9.47 Å². The fraction of sp³-hybridized carbons (Fsp3) is 0.235. The maximum atomic E-state index is 12.4. The Morgan fingerprint density at radius 3 is 2.26 bits per heavy atom. The van der Waals surface area contributed by atoms with E-state index >= 15 is 0 Å². The first kappa shape index (κ1) is 16.7.